The Morgan fingerprint density at radius 2 is 2.04 bits per heavy atom. The number of anilines is 1. The molecule has 1 amide bonds. The summed E-state index contributed by atoms with van der Waals surface area (Å²) in [5.74, 6) is 0.112. The van der Waals surface area contributed by atoms with Gasteiger partial charge in [-0.1, -0.05) is 17.3 Å². The maximum absolute atomic E-state index is 12.9. The van der Waals surface area contributed by atoms with Crippen LogP contribution in [0.2, 0.25) is 0 Å². The number of aryl methyl sites for hydroxylation is 1. The number of para-hydroxylation sites is 1. The van der Waals surface area contributed by atoms with E-state index in [0.29, 0.717) is 18.0 Å². The molecule has 23 heavy (non-hydrogen) atoms. The predicted octanol–water partition coefficient (Wildman–Crippen LogP) is 3.07. The Bertz CT molecular complexity index is 683. The van der Waals surface area contributed by atoms with Gasteiger partial charge in [-0.3, -0.25) is 9.69 Å². The van der Waals surface area contributed by atoms with E-state index in [1.165, 1.54) is 18.2 Å². The average molecular weight is 327 g/mol. The van der Waals surface area contributed by atoms with E-state index in [2.05, 4.69) is 10.5 Å². The first-order valence-electron chi connectivity index (χ1n) is 6.82. The van der Waals surface area contributed by atoms with Crippen LogP contribution in [0.4, 0.5) is 18.9 Å². The number of amides is 1. The van der Waals surface area contributed by atoms with Crippen molar-refractivity contribution in [3.05, 3.63) is 47.3 Å². The molecule has 0 saturated heterocycles. The molecule has 8 heteroatoms. The molecule has 1 N–H and O–H groups in total. The summed E-state index contributed by atoms with van der Waals surface area (Å²) >= 11 is 0. The van der Waals surface area contributed by atoms with Gasteiger partial charge in [0.1, 0.15) is 5.76 Å². The van der Waals surface area contributed by atoms with E-state index < -0.39 is 17.6 Å². The Morgan fingerprint density at radius 3 is 2.65 bits per heavy atom. The van der Waals surface area contributed by atoms with Crippen LogP contribution in [0.15, 0.2) is 34.9 Å². The number of carbonyl (C=O) groups is 1. The van der Waals surface area contributed by atoms with E-state index >= 15 is 0 Å². The summed E-state index contributed by atoms with van der Waals surface area (Å²) in [5.41, 5.74) is -0.479. The van der Waals surface area contributed by atoms with E-state index in [9.17, 15) is 18.0 Å². The molecular weight excluding hydrogens is 311 g/mol. The standard InChI is InChI=1S/C15H16F3N3O2/c1-10-7-11(20-23-10)8-21(2)9-14(22)19-13-6-4-3-5-12(13)15(16,17)18/h3-7H,8-9H2,1-2H3,(H,19,22). The lowest BCUT2D eigenvalue weighted by atomic mass is 10.1. The summed E-state index contributed by atoms with van der Waals surface area (Å²) in [5, 5.41) is 6.09. The van der Waals surface area contributed by atoms with Gasteiger partial charge < -0.3 is 9.84 Å². The Morgan fingerprint density at radius 1 is 1.35 bits per heavy atom. The first-order valence-corrected chi connectivity index (χ1v) is 6.82. The van der Waals surface area contributed by atoms with Crippen molar-refractivity contribution in [2.24, 2.45) is 0 Å². The van der Waals surface area contributed by atoms with Crippen molar-refractivity contribution in [3.8, 4) is 0 Å². The maximum atomic E-state index is 12.9. The highest BCUT2D eigenvalue weighted by Gasteiger charge is 2.33. The average Bonchev–Trinajstić information content (AvgIpc) is 2.83. The van der Waals surface area contributed by atoms with Gasteiger partial charge in [0.25, 0.3) is 0 Å². The molecule has 0 spiro atoms. The molecule has 2 aromatic rings. The minimum absolute atomic E-state index is 0.0713. The van der Waals surface area contributed by atoms with E-state index in [-0.39, 0.29) is 12.2 Å². The number of nitrogens with zero attached hydrogens (tertiary/aromatic N) is 2. The Hall–Kier alpha value is -2.35. The third kappa shape index (κ3) is 4.82. The summed E-state index contributed by atoms with van der Waals surface area (Å²) in [4.78, 5) is 13.6. The number of halogens is 3. The van der Waals surface area contributed by atoms with Crippen molar-refractivity contribution in [2.45, 2.75) is 19.6 Å². The molecule has 0 bridgehead atoms. The molecule has 1 aromatic heterocycles. The van der Waals surface area contributed by atoms with Crippen molar-refractivity contribution in [2.75, 3.05) is 18.9 Å². The van der Waals surface area contributed by atoms with Crippen molar-refractivity contribution in [3.63, 3.8) is 0 Å². The molecule has 0 aliphatic rings. The van der Waals surface area contributed by atoms with Crippen LogP contribution in [0.25, 0.3) is 0 Å². The van der Waals surface area contributed by atoms with Crippen LogP contribution >= 0.6 is 0 Å². The number of alkyl halides is 3. The van der Waals surface area contributed by atoms with Crippen molar-refractivity contribution >= 4 is 11.6 Å². The smallest absolute Gasteiger partial charge is 0.361 e. The Balaban J connectivity index is 1.97. The first kappa shape index (κ1) is 17.0. The fourth-order valence-electron chi connectivity index (χ4n) is 2.10. The number of benzene rings is 1. The van der Waals surface area contributed by atoms with E-state index in [1.807, 2.05) is 0 Å². The van der Waals surface area contributed by atoms with E-state index in [1.54, 1.807) is 24.9 Å². The van der Waals surface area contributed by atoms with Crippen molar-refractivity contribution < 1.29 is 22.5 Å². The molecule has 2 rings (SSSR count). The van der Waals surface area contributed by atoms with Gasteiger partial charge in [-0.2, -0.15) is 13.2 Å². The predicted molar refractivity (Wildman–Crippen MR) is 77.6 cm³/mol. The molecule has 5 nitrogen and oxygen atoms in total. The third-order valence-electron chi connectivity index (χ3n) is 3.03. The van der Waals surface area contributed by atoms with Crippen LogP contribution in [0.5, 0.6) is 0 Å². The summed E-state index contributed by atoms with van der Waals surface area (Å²) < 4.78 is 43.5. The van der Waals surface area contributed by atoms with Gasteiger partial charge in [0.2, 0.25) is 5.91 Å². The van der Waals surface area contributed by atoms with Gasteiger partial charge in [0.05, 0.1) is 23.5 Å². The molecule has 0 aliphatic heterocycles. The van der Waals surface area contributed by atoms with Gasteiger partial charge in [0.15, 0.2) is 0 Å². The molecule has 0 fully saturated rings. The number of likely N-dealkylation sites (N-methyl/N-ethyl adjacent to an activating group) is 1. The highest BCUT2D eigenvalue weighted by Crippen LogP contribution is 2.34. The first-order chi connectivity index (χ1) is 10.8. The number of hydrogen-bond donors (Lipinski definition) is 1. The molecular formula is C15H16F3N3O2. The molecule has 1 aromatic carbocycles. The van der Waals surface area contributed by atoms with Crippen molar-refractivity contribution in [1.82, 2.24) is 10.1 Å². The minimum atomic E-state index is -4.52. The molecule has 1 heterocycles. The second-order valence-corrected chi connectivity index (χ2v) is 5.19. The topological polar surface area (TPSA) is 58.4 Å². The van der Waals surface area contributed by atoms with Gasteiger partial charge in [-0.05, 0) is 26.1 Å². The molecule has 0 saturated carbocycles. The maximum Gasteiger partial charge on any atom is 0.418 e. The molecule has 0 aliphatic carbocycles. The highest BCUT2D eigenvalue weighted by atomic mass is 19.4. The highest BCUT2D eigenvalue weighted by molar-refractivity contribution is 5.93. The summed E-state index contributed by atoms with van der Waals surface area (Å²) in [6, 6.07) is 6.59. The summed E-state index contributed by atoms with van der Waals surface area (Å²) in [7, 11) is 1.67. The number of aromatic nitrogens is 1. The van der Waals surface area contributed by atoms with Crippen LogP contribution in [-0.4, -0.2) is 29.6 Å². The zero-order valence-electron chi connectivity index (χ0n) is 12.6. The van der Waals surface area contributed by atoms with Crippen LogP contribution in [0.3, 0.4) is 0 Å². The van der Waals surface area contributed by atoms with Crippen LogP contribution in [-0.2, 0) is 17.5 Å². The number of hydrogen-bond acceptors (Lipinski definition) is 4. The molecule has 124 valence electrons. The summed E-state index contributed by atoms with van der Waals surface area (Å²) in [6.07, 6.45) is -4.52. The fourth-order valence-corrected chi connectivity index (χ4v) is 2.10. The number of rotatable bonds is 5. The van der Waals surface area contributed by atoms with E-state index in [0.717, 1.165) is 6.07 Å². The lowest BCUT2D eigenvalue weighted by Gasteiger charge is -2.17. The van der Waals surface area contributed by atoms with Crippen molar-refractivity contribution in [1.29, 1.82) is 0 Å². The SMILES string of the molecule is Cc1cc(CN(C)CC(=O)Nc2ccccc2C(F)(F)F)no1. The lowest BCUT2D eigenvalue weighted by Crippen LogP contribution is -2.30. The molecule has 0 radical (unpaired) electrons. The Kier molecular flexibility index (Phi) is 5.05. The second-order valence-electron chi connectivity index (χ2n) is 5.19. The van der Waals surface area contributed by atoms with Crippen LogP contribution < -0.4 is 5.32 Å². The summed E-state index contributed by atoms with van der Waals surface area (Å²) in [6.45, 7) is 2.03. The number of carbonyl (C=O) groups excluding carboxylic acids is 1. The fraction of sp³-hybridized carbons (Fsp3) is 0.333. The minimum Gasteiger partial charge on any atom is -0.361 e. The van der Waals surface area contributed by atoms with Crippen LogP contribution in [0, 0.1) is 6.92 Å². The van der Waals surface area contributed by atoms with Gasteiger partial charge >= 0.3 is 6.18 Å². The van der Waals surface area contributed by atoms with Gasteiger partial charge in [-0.15, -0.1) is 0 Å². The zero-order chi connectivity index (χ0) is 17.0. The monoisotopic (exact) mass is 327 g/mol. The van der Waals surface area contributed by atoms with Gasteiger partial charge in [0, 0.05) is 12.6 Å². The Labute approximate surface area is 131 Å². The number of nitrogens with one attached hydrogen (secondary N) is 1. The quantitative estimate of drug-likeness (QED) is 0.917. The van der Waals surface area contributed by atoms with Crippen LogP contribution in [0.1, 0.15) is 17.0 Å². The van der Waals surface area contributed by atoms with Gasteiger partial charge in [-0.25, -0.2) is 0 Å². The molecule has 0 atom stereocenters. The normalized spacial score (nSPS) is 11.7. The zero-order valence-corrected chi connectivity index (χ0v) is 12.6. The van der Waals surface area contributed by atoms with E-state index in [4.69, 9.17) is 4.52 Å². The second kappa shape index (κ2) is 6.82. The molecule has 0 unspecified atom stereocenters. The largest absolute Gasteiger partial charge is 0.418 e. The lowest BCUT2D eigenvalue weighted by molar-refractivity contribution is -0.137. The third-order valence-corrected chi connectivity index (χ3v) is 3.03.